The van der Waals surface area contributed by atoms with Crippen LogP contribution in [0.2, 0.25) is 0 Å². The highest BCUT2D eigenvalue weighted by atomic mass is 32.2. The fourth-order valence-electron chi connectivity index (χ4n) is 1.77. The van der Waals surface area contributed by atoms with Crippen LogP contribution in [0.3, 0.4) is 0 Å². The van der Waals surface area contributed by atoms with Gasteiger partial charge in [0.1, 0.15) is 10.6 Å². The molecule has 1 aromatic rings. The number of alkyl halides is 2. The predicted octanol–water partition coefficient (Wildman–Crippen LogP) is 3.49. The molecular formula is C13H18F3NOS. The van der Waals surface area contributed by atoms with Gasteiger partial charge in [-0.25, -0.2) is 13.2 Å². The molecule has 6 heteroatoms. The van der Waals surface area contributed by atoms with Crippen LogP contribution < -0.4 is 5.14 Å². The van der Waals surface area contributed by atoms with Crippen molar-refractivity contribution >= 4 is 11.4 Å². The Morgan fingerprint density at radius 1 is 1.37 bits per heavy atom. The van der Waals surface area contributed by atoms with Gasteiger partial charge in [-0.15, -0.1) is 0 Å². The molecule has 0 aliphatic rings. The minimum Gasteiger partial charge on any atom is -0.598 e. The van der Waals surface area contributed by atoms with Gasteiger partial charge in [-0.05, 0) is 38.7 Å². The molecule has 1 atom stereocenters. The van der Waals surface area contributed by atoms with Crippen molar-refractivity contribution < 1.29 is 17.7 Å². The molecule has 0 saturated carbocycles. The summed E-state index contributed by atoms with van der Waals surface area (Å²) >= 11 is -1.46. The first-order valence-electron chi connectivity index (χ1n) is 5.97. The molecule has 0 fully saturated rings. The Morgan fingerprint density at radius 2 is 2.00 bits per heavy atom. The van der Waals surface area contributed by atoms with Gasteiger partial charge in [0, 0.05) is 11.4 Å². The average molecular weight is 293 g/mol. The zero-order chi connectivity index (χ0) is 14.6. The van der Waals surface area contributed by atoms with E-state index in [1.807, 2.05) is 0 Å². The van der Waals surface area contributed by atoms with Crippen LogP contribution in [0, 0.1) is 5.82 Å². The summed E-state index contributed by atoms with van der Waals surface area (Å²) in [7, 11) is 0. The second kappa shape index (κ2) is 6.63. The minimum absolute atomic E-state index is 0.261. The van der Waals surface area contributed by atoms with Crippen LogP contribution in [-0.4, -0.2) is 9.30 Å². The third-order valence-electron chi connectivity index (χ3n) is 3.11. The van der Waals surface area contributed by atoms with Crippen molar-refractivity contribution in [3.8, 4) is 0 Å². The van der Waals surface area contributed by atoms with E-state index < -0.39 is 33.9 Å². The molecule has 0 radical (unpaired) electrons. The third kappa shape index (κ3) is 4.40. The van der Waals surface area contributed by atoms with E-state index in [4.69, 9.17) is 5.14 Å². The molecule has 1 aromatic carbocycles. The first kappa shape index (κ1) is 16.3. The number of benzene rings is 1. The Kier molecular flexibility index (Phi) is 5.70. The summed E-state index contributed by atoms with van der Waals surface area (Å²) in [5.41, 5.74) is -0.310. The van der Waals surface area contributed by atoms with Crippen molar-refractivity contribution in [1.29, 1.82) is 0 Å². The van der Waals surface area contributed by atoms with Crippen molar-refractivity contribution in [2.45, 2.75) is 44.3 Å². The monoisotopic (exact) mass is 293 g/mol. The zero-order valence-electron chi connectivity index (χ0n) is 11.0. The summed E-state index contributed by atoms with van der Waals surface area (Å²) in [6.45, 7) is 3.52. The normalized spacial score (nSPS) is 13.9. The highest BCUT2D eigenvalue weighted by Crippen LogP contribution is 2.26. The molecule has 0 bridgehead atoms. The van der Waals surface area contributed by atoms with Crippen LogP contribution in [0.4, 0.5) is 13.2 Å². The average Bonchev–Trinajstić information content (AvgIpc) is 2.30. The van der Waals surface area contributed by atoms with Crippen LogP contribution >= 0.6 is 0 Å². The van der Waals surface area contributed by atoms with Crippen molar-refractivity contribution in [1.82, 2.24) is 0 Å². The van der Waals surface area contributed by atoms with E-state index >= 15 is 0 Å². The van der Waals surface area contributed by atoms with Gasteiger partial charge in [-0.1, -0.05) is 18.2 Å². The molecule has 0 amide bonds. The standard InChI is InChI=1S/C13H18F3NOS/c1-13(2,19(17)18)8-4-6-9-5-3-7-10(11(9)14)12(15)16/h3,5,7,12H,4,6,8,17H2,1-2H3/t19-/m1/s1. The topological polar surface area (TPSA) is 49.1 Å². The largest absolute Gasteiger partial charge is 0.598 e. The van der Waals surface area contributed by atoms with Crippen LogP contribution in [0.25, 0.3) is 0 Å². The summed E-state index contributed by atoms with van der Waals surface area (Å²) in [6, 6.07) is 4.00. The molecule has 0 aromatic heterocycles. The molecule has 0 unspecified atom stereocenters. The minimum atomic E-state index is -2.81. The number of halogens is 3. The van der Waals surface area contributed by atoms with Crippen LogP contribution in [0.1, 0.15) is 44.2 Å². The van der Waals surface area contributed by atoms with E-state index in [0.29, 0.717) is 19.3 Å². The van der Waals surface area contributed by atoms with E-state index in [0.717, 1.165) is 6.07 Å². The van der Waals surface area contributed by atoms with Crippen molar-refractivity contribution in [2.24, 2.45) is 5.14 Å². The molecule has 108 valence electrons. The lowest BCUT2D eigenvalue weighted by atomic mass is 10.00. The van der Waals surface area contributed by atoms with Gasteiger partial charge < -0.3 is 4.55 Å². The van der Waals surface area contributed by atoms with Gasteiger partial charge in [-0.3, -0.25) is 0 Å². The quantitative estimate of drug-likeness (QED) is 0.816. The zero-order valence-corrected chi connectivity index (χ0v) is 11.8. The summed E-state index contributed by atoms with van der Waals surface area (Å²) < 4.78 is 49.5. The van der Waals surface area contributed by atoms with Crippen LogP contribution in [0.5, 0.6) is 0 Å². The van der Waals surface area contributed by atoms with E-state index in [-0.39, 0.29) is 5.56 Å². The highest BCUT2D eigenvalue weighted by molar-refractivity contribution is 7.90. The van der Waals surface area contributed by atoms with Gasteiger partial charge >= 0.3 is 0 Å². The highest BCUT2D eigenvalue weighted by Gasteiger charge is 2.29. The number of hydrogen-bond acceptors (Lipinski definition) is 2. The van der Waals surface area contributed by atoms with Gasteiger partial charge in [-0.2, -0.15) is 5.14 Å². The van der Waals surface area contributed by atoms with Gasteiger partial charge in [0.2, 0.25) is 0 Å². The summed E-state index contributed by atoms with van der Waals surface area (Å²) in [6.07, 6.45) is -1.41. The van der Waals surface area contributed by atoms with Crippen molar-refractivity contribution in [3.63, 3.8) is 0 Å². The molecule has 0 saturated heterocycles. The lowest BCUT2D eigenvalue weighted by molar-refractivity contribution is 0.146. The molecule has 0 aliphatic carbocycles. The van der Waals surface area contributed by atoms with Crippen molar-refractivity contribution in [3.05, 3.63) is 35.1 Å². The number of hydrogen-bond donors (Lipinski definition) is 1. The number of rotatable bonds is 6. The fraction of sp³-hybridized carbons (Fsp3) is 0.538. The lowest BCUT2D eigenvalue weighted by Crippen LogP contribution is -2.37. The summed E-state index contributed by atoms with van der Waals surface area (Å²) in [4.78, 5) is 0. The number of nitrogens with two attached hydrogens (primary N) is 1. The summed E-state index contributed by atoms with van der Waals surface area (Å²) in [5, 5.41) is 5.34. The third-order valence-corrected chi connectivity index (χ3v) is 4.41. The van der Waals surface area contributed by atoms with E-state index in [2.05, 4.69) is 0 Å². The Balaban J connectivity index is 2.67. The Bertz CT molecular complexity index is 424. The van der Waals surface area contributed by atoms with E-state index in [1.165, 1.54) is 12.1 Å². The lowest BCUT2D eigenvalue weighted by Gasteiger charge is -2.24. The molecule has 0 heterocycles. The molecule has 2 N–H and O–H groups in total. The Hall–Kier alpha value is -0.720. The Morgan fingerprint density at radius 3 is 2.53 bits per heavy atom. The van der Waals surface area contributed by atoms with Gasteiger partial charge in [0.15, 0.2) is 0 Å². The van der Waals surface area contributed by atoms with Crippen molar-refractivity contribution in [2.75, 3.05) is 0 Å². The predicted molar refractivity (Wildman–Crippen MR) is 70.7 cm³/mol. The Labute approximate surface area is 114 Å². The number of aryl methyl sites for hydroxylation is 1. The van der Waals surface area contributed by atoms with Gasteiger partial charge in [0.25, 0.3) is 6.43 Å². The molecule has 1 rings (SSSR count). The second-order valence-electron chi connectivity index (χ2n) is 5.03. The molecular weight excluding hydrogens is 275 g/mol. The summed E-state index contributed by atoms with van der Waals surface area (Å²) in [5.74, 6) is -0.843. The smallest absolute Gasteiger partial charge is 0.266 e. The van der Waals surface area contributed by atoms with Gasteiger partial charge in [0.05, 0.1) is 5.56 Å². The van der Waals surface area contributed by atoms with Crippen LogP contribution in [0.15, 0.2) is 18.2 Å². The van der Waals surface area contributed by atoms with Crippen LogP contribution in [-0.2, 0) is 17.8 Å². The molecule has 0 spiro atoms. The maximum absolute atomic E-state index is 13.7. The maximum Gasteiger partial charge on any atom is 0.266 e. The first-order chi connectivity index (χ1) is 8.75. The molecule has 0 aliphatic heterocycles. The fourth-order valence-corrected chi connectivity index (χ4v) is 2.11. The van der Waals surface area contributed by atoms with E-state index in [9.17, 15) is 17.7 Å². The molecule has 2 nitrogen and oxygen atoms in total. The maximum atomic E-state index is 13.7. The second-order valence-corrected chi connectivity index (χ2v) is 6.73. The van der Waals surface area contributed by atoms with E-state index in [1.54, 1.807) is 13.8 Å². The first-order valence-corrected chi connectivity index (χ1v) is 7.18. The molecule has 19 heavy (non-hydrogen) atoms. The SMILES string of the molecule is CC(C)(CCCc1cccc(C(F)F)c1F)[S@+](N)[O-].